The van der Waals surface area contributed by atoms with Crippen molar-refractivity contribution in [2.24, 2.45) is 5.92 Å². The largest absolute Gasteiger partial charge is 0.364 e. The molecule has 0 amide bonds. The lowest BCUT2D eigenvalue weighted by molar-refractivity contribution is -0.117. The monoisotopic (exact) mass is 200 g/mol. The molecule has 0 aromatic heterocycles. The van der Waals surface area contributed by atoms with Crippen molar-refractivity contribution in [2.45, 2.75) is 6.04 Å². The van der Waals surface area contributed by atoms with Crippen LogP contribution in [0.15, 0.2) is 35.1 Å². The number of piperazine rings is 1. The second kappa shape index (κ2) is 2.42. The summed E-state index contributed by atoms with van der Waals surface area (Å²) >= 11 is 0. The third-order valence-corrected chi connectivity index (χ3v) is 3.87. The van der Waals surface area contributed by atoms with Gasteiger partial charge in [-0.15, -0.1) is 0 Å². The van der Waals surface area contributed by atoms with Crippen LogP contribution in [0.25, 0.3) is 0 Å². The van der Waals surface area contributed by atoms with E-state index in [9.17, 15) is 4.79 Å². The Morgan fingerprint density at radius 1 is 1.47 bits per heavy atom. The van der Waals surface area contributed by atoms with Crippen molar-refractivity contribution in [2.75, 3.05) is 19.6 Å². The number of Topliss-reactive ketones (excluding diaryl/α,β-unsaturated/α-hetero) is 1. The van der Waals surface area contributed by atoms with Crippen LogP contribution in [0, 0.1) is 5.92 Å². The summed E-state index contributed by atoms with van der Waals surface area (Å²) in [5.41, 5.74) is 3.60. The zero-order valence-corrected chi connectivity index (χ0v) is 8.36. The van der Waals surface area contributed by atoms with Gasteiger partial charge >= 0.3 is 0 Å². The van der Waals surface area contributed by atoms with Gasteiger partial charge in [0.05, 0.1) is 12.0 Å². The van der Waals surface area contributed by atoms with E-state index in [4.69, 9.17) is 0 Å². The Hall–Kier alpha value is -1.35. The summed E-state index contributed by atoms with van der Waals surface area (Å²) in [6.45, 7) is 3.01. The molecule has 0 radical (unpaired) electrons. The van der Waals surface area contributed by atoms with Crippen LogP contribution in [-0.2, 0) is 4.79 Å². The van der Waals surface area contributed by atoms with Crippen molar-refractivity contribution < 1.29 is 4.79 Å². The standard InChI is InChI=1S/C12H12N2O/c15-12-8-1-2-9(12)11-10(8)5-7-6-13-3-4-14(7)11/h1-2,5,9,11,13H,3-4,6H2. The van der Waals surface area contributed by atoms with Crippen molar-refractivity contribution in [3.8, 4) is 0 Å². The van der Waals surface area contributed by atoms with Crippen LogP contribution < -0.4 is 5.32 Å². The minimum atomic E-state index is 0.113. The predicted octanol–water partition coefficient (Wildman–Crippen LogP) is 0.223. The molecular formula is C12H12N2O. The van der Waals surface area contributed by atoms with Gasteiger partial charge in [-0.3, -0.25) is 4.79 Å². The van der Waals surface area contributed by atoms with Gasteiger partial charge < -0.3 is 10.2 Å². The maximum Gasteiger partial charge on any atom is 0.172 e. The number of nitrogens with one attached hydrogen (secondary N) is 1. The molecule has 15 heavy (non-hydrogen) atoms. The lowest BCUT2D eigenvalue weighted by atomic mass is 9.98. The molecule has 2 aliphatic carbocycles. The molecule has 1 N–H and O–H groups in total. The van der Waals surface area contributed by atoms with Crippen LogP contribution >= 0.6 is 0 Å². The summed E-state index contributed by atoms with van der Waals surface area (Å²) in [5, 5.41) is 3.37. The highest BCUT2D eigenvalue weighted by Gasteiger charge is 2.48. The van der Waals surface area contributed by atoms with Gasteiger partial charge in [-0.05, 0) is 11.6 Å². The fourth-order valence-corrected chi connectivity index (χ4v) is 3.21. The van der Waals surface area contributed by atoms with Crippen LogP contribution in [0.2, 0.25) is 0 Å². The number of hydrogen-bond donors (Lipinski definition) is 1. The maximum atomic E-state index is 11.9. The van der Waals surface area contributed by atoms with E-state index >= 15 is 0 Å². The Labute approximate surface area is 88.1 Å². The minimum Gasteiger partial charge on any atom is -0.364 e. The molecule has 1 fully saturated rings. The molecule has 0 saturated carbocycles. The quantitative estimate of drug-likeness (QED) is 0.607. The van der Waals surface area contributed by atoms with Crippen LogP contribution in [0.3, 0.4) is 0 Å². The smallest absolute Gasteiger partial charge is 0.172 e. The third-order valence-electron chi connectivity index (χ3n) is 3.87. The summed E-state index contributed by atoms with van der Waals surface area (Å²) in [6, 6.07) is 0.342. The molecule has 3 nitrogen and oxygen atoms in total. The molecule has 2 unspecified atom stereocenters. The van der Waals surface area contributed by atoms with Gasteiger partial charge in [-0.25, -0.2) is 0 Å². The van der Waals surface area contributed by atoms with Crippen LogP contribution in [0.1, 0.15) is 0 Å². The Bertz CT molecular complexity index is 458. The van der Waals surface area contributed by atoms with Gasteiger partial charge in [0.1, 0.15) is 0 Å². The first kappa shape index (κ1) is 7.88. The lowest BCUT2D eigenvalue weighted by Gasteiger charge is -2.34. The van der Waals surface area contributed by atoms with Crippen molar-refractivity contribution >= 4 is 5.78 Å². The molecule has 2 bridgehead atoms. The van der Waals surface area contributed by atoms with E-state index in [1.807, 2.05) is 6.08 Å². The number of fused-ring (bicyclic) bond motifs is 6. The first-order valence-corrected chi connectivity index (χ1v) is 5.51. The Morgan fingerprint density at radius 2 is 2.40 bits per heavy atom. The number of ketones is 1. The van der Waals surface area contributed by atoms with E-state index < -0.39 is 0 Å². The average Bonchev–Trinajstić information content (AvgIpc) is 2.87. The minimum absolute atomic E-state index is 0.113. The zero-order valence-electron chi connectivity index (χ0n) is 8.36. The molecule has 3 heteroatoms. The first-order chi connectivity index (χ1) is 7.36. The molecule has 0 aromatic carbocycles. The number of nitrogens with zero attached hydrogens (tertiary/aromatic N) is 1. The molecule has 4 rings (SSSR count). The van der Waals surface area contributed by atoms with E-state index in [-0.39, 0.29) is 5.92 Å². The van der Waals surface area contributed by atoms with E-state index in [1.54, 1.807) is 0 Å². The van der Waals surface area contributed by atoms with E-state index in [0.29, 0.717) is 11.8 Å². The summed E-state index contributed by atoms with van der Waals surface area (Å²) in [6.07, 6.45) is 6.29. The first-order valence-electron chi connectivity index (χ1n) is 5.51. The second-order valence-corrected chi connectivity index (χ2v) is 4.57. The summed E-state index contributed by atoms with van der Waals surface area (Å²) in [7, 11) is 0. The summed E-state index contributed by atoms with van der Waals surface area (Å²) in [5.74, 6) is 0.450. The van der Waals surface area contributed by atoms with Gasteiger partial charge in [-0.1, -0.05) is 12.2 Å². The Morgan fingerprint density at radius 3 is 3.33 bits per heavy atom. The molecule has 0 aromatic rings. The van der Waals surface area contributed by atoms with Crippen LogP contribution in [-0.4, -0.2) is 36.4 Å². The van der Waals surface area contributed by atoms with Crippen molar-refractivity contribution in [1.29, 1.82) is 0 Å². The highest BCUT2D eigenvalue weighted by Crippen LogP contribution is 2.45. The average molecular weight is 200 g/mol. The summed E-state index contributed by atoms with van der Waals surface area (Å²) in [4.78, 5) is 14.3. The molecule has 76 valence electrons. The number of hydrogen-bond acceptors (Lipinski definition) is 3. The van der Waals surface area contributed by atoms with Gasteiger partial charge in [0.2, 0.25) is 0 Å². The molecule has 2 atom stereocenters. The van der Waals surface area contributed by atoms with Crippen molar-refractivity contribution in [3.63, 3.8) is 0 Å². The number of allylic oxidation sites excluding steroid dienone is 2. The van der Waals surface area contributed by atoms with Gasteiger partial charge in [0.15, 0.2) is 5.78 Å². The van der Waals surface area contributed by atoms with Crippen LogP contribution in [0.4, 0.5) is 0 Å². The molecule has 0 spiro atoms. The van der Waals surface area contributed by atoms with Crippen LogP contribution in [0.5, 0.6) is 0 Å². The van der Waals surface area contributed by atoms with Crippen molar-refractivity contribution in [1.82, 2.24) is 10.2 Å². The summed E-state index contributed by atoms with van der Waals surface area (Å²) < 4.78 is 0. The molecule has 2 heterocycles. The number of carbonyl (C=O) groups is 1. The molecule has 2 aliphatic heterocycles. The van der Waals surface area contributed by atoms with Gasteiger partial charge in [0.25, 0.3) is 0 Å². The Balaban J connectivity index is 1.87. The van der Waals surface area contributed by atoms with Gasteiger partial charge in [0, 0.05) is 30.9 Å². The lowest BCUT2D eigenvalue weighted by Crippen LogP contribution is -2.46. The fraction of sp³-hybridized carbons (Fsp3) is 0.417. The van der Waals surface area contributed by atoms with Gasteiger partial charge in [-0.2, -0.15) is 0 Å². The van der Waals surface area contributed by atoms with Crippen molar-refractivity contribution in [3.05, 3.63) is 35.1 Å². The van der Waals surface area contributed by atoms with E-state index in [2.05, 4.69) is 22.4 Å². The number of rotatable bonds is 0. The van der Waals surface area contributed by atoms with E-state index in [1.165, 1.54) is 11.3 Å². The number of carbonyl (C=O) groups excluding carboxylic acids is 1. The molecule has 1 saturated heterocycles. The maximum absolute atomic E-state index is 11.9. The normalized spacial score (nSPS) is 36.1. The van der Waals surface area contributed by atoms with E-state index in [0.717, 1.165) is 25.2 Å². The third kappa shape index (κ3) is 0.789. The fourth-order valence-electron chi connectivity index (χ4n) is 3.21. The molecular weight excluding hydrogens is 188 g/mol. The predicted molar refractivity (Wildman–Crippen MR) is 56.1 cm³/mol. The Kier molecular flexibility index (Phi) is 1.27. The zero-order chi connectivity index (χ0) is 9.99. The topological polar surface area (TPSA) is 32.3 Å². The molecule has 4 aliphatic rings. The highest BCUT2D eigenvalue weighted by atomic mass is 16.1. The SMILES string of the molecule is O=C1C2=C3C=C4CNCCN4C3C1C=C2. The second-order valence-electron chi connectivity index (χ2n) is 4.57. The highest BCUT2D eigenvalue weighted by molar-refractivity contribution is 6.09.